The second-order valence-corrected chi connectivity index (χ2v) is 6.48. The van der Waals surface area contributed by atoms with Crippen LogP contribution in [0, 0.1) is 6.92 Å². The second kappa shape index (κ2) is 5.18. The zero-order valence-electron chi connectivity index (χ0n) is 9.78. The first-order valence-corrected chi connectivity index (χ1v) is 7.39. The molecule has 1 rings (SSSR count). The van der Waals surface area contributed by atoms with Gasteiger partial charge in [0.15, 0.2) is 9.84 Å². The van der Waals surface area contributed by atoms with E-state index in [0.717, 1.165) is 0 Å². The maximum Gasteiger partial charge on any atom is 0.339 e. The molecule has 0 radical (unpaired) electrons. The molecule has 4 nitrogen and oxygen atoms in total. The van der Waals surface area contributed by atoms with E-state index in [1.165, 1.54) is 19.2 Å². The lowest BCUT2D eigenvalue weighted by Crippen LogP contribution is -2.09. The Balaban J connectivity index is 3.45. The Kier molecular flexibility index (Phi) is 4.32. The van der Waals surface area contributed by atoms with Gasteiger partial charge in [-0.05, 0) is 40.5 Å². The van der Waals surface area contributed by atoms with Crippen LogP contribution in [0.4, 0.5) is 0 Å². The molecule has 0 heterocycles. The average Bonchev–Trinajstić information content (AvgIpc) is 2.31. The SMILES string of the molecule is CCS(=O)(=O)c1ccc(C(=O)OC)c(Br)c1C. The Hall–Kier alpha value is -0.880. The molecule has 0 aliphatic rings. The van der Waals surface area contributed by atoms with Crippen LogP contribution in [0.3, 0.4) is 0 Å². The molecular weight excluding hydrogens is 308 g/mol. The third-order valence-electron chi connectivity index (χ3n) is 2.46. The number of hydrogen-bond donors (Lipinski definition) is 0. The van der Waals surface area contributed by atoms with Crippen molar-refractivity contribution in [1.82, 2.24) is 0 Å². The van der Waals surface area contributed by atoms with Crippen molar-refractivity contribution >= 4 is 31.7 Å². The van der Waals surface area contributed by atoms with E-state index in [2.05, 4.69) is 20.7 Å². The molecular formula is C11H13BrO4S. The first-order chi connectivity index (χ1) is 7.85. The third kappa shape index (κ3) is 2.69. The lowest BCUT2D eigenvalue weighted by Gasteiger charge is -2.10. The first-order valence-electron chi connectivity index (χ1n) is 4.95. The Morgan fingerprint density at radius 2 is 2.00 bits per heavy atom. The highest BCUT2D eigenvalue weighted by molar-refractivity contribution is 9.10. The molecule has 0 bridgehead atoms. The number of hydrogen-bond acceptors (Lipinski definition) is 4. The Labute approximate surface area is 109 Å². The van der Waals surface area contributed by atoms with Crippen LogP contribution in [-0.2, 0) is 14.6 Å². The van der Waals surface area contributed by atoms with Gasteiger partial charge in [0.2, 0.25) is 0 Å². The van der Waals surface area contributed by atoms with Gasteiger partial charge in [-0.3, -0.25) is 0 Å². The van der Waals surface area contributed by atoms with Crippen molar-refractivity contribution in [2.24, 2.45) is 0 Å². The normalized spacial score (nSPS) is 11.3. The van der Waals surface area contributed by atoms with Crippen molar-refractivity contribution in [3.05, 3.63) is 27.7 Å². The molecule has 17 heavy (non-hydrogen) atoms. The van der Waals surface area contributed by atoms with Gasteiger partial charge in [0.25, 0.3) is 0 Å². The average molecular weight is 321 g/mol. The molecule has 0 N–H and O–H groups in total. The largest absolute Gasteiger partial charge is 0.465 e. The summed E-state index contributed by atoms with van der Waals surface area (Å²) in [7, 11) is -2.00. The van der Waals surface area contributed by atoms with E-state index in [4.69, 9.17) is 0 Å². The quantitative estimate of drug-likeness (QED) is 0.802. The van der Waals surface area contributed by atoms with Gasteiger partial charge in [-0.2, -0.15) is 0 Å². The minimum Gasteiger partial charge on any atom is -0.465 e. The molecule has 0 spiro atoms. The van der Waals surface area contributed by atoms with E-state index >= 15 is 0 Å². The number of methoxy groups -OCH3 is 1. The van der Waals surface area contributed by atoms with Gasteiger partial charge < -0.3 is 4.74 Å². The number of rotatable bonds is 3. The summed E-state index contributed by atoms with van der Waals surface area (Å²) in [5.41, 5.74) is 0.842. The van der Waals surface area contributed by atoms with E-state index in [1.54, 1.807) is 13.8 Å². The molecule has 1 aromatic rings. The highest BCUT2D eigenvalue weighted by Gasteiger charge is 2.20. The molecule has 0 unspecified atom stereocenters. The van der Waals surface area contributed by atoms with E-state index in [1.807, 2.05) is 0 Å². The van der Waals surface area contributed by atoms with Gasteiger partial charge in [0.1, 0.15) is 0 Å². The van der Waals surface area contributed by atoms with Crippen molar-refractivity contribution in [2.45, 2.75) is 18.7 Å². The second-order valence-electron chi connectivity index (χ2n) is 3.45. The predicted molar refractivity (Wildman–Crippen MR) is 67.9 cm³/mol. The summed E-state index contributed by atoms with van der Waals surface area (Å²) < 4.78 is 28.6. The zero-order chi connectivity index (χ0) is 13.2. The number of carbonyl (C=O) groups excluding carboxylic acids is 1. The smallest absolute Gasteiger partial charge is 0.339 e. The van der Waals surface area contributed by atoms with Crippen molar-refractivity contribution in [1.29, 1.82) is 0 Å². The maximum atomic E-state index is 11.8. The lowest BCUT2D eigenvalue weighted by atomic mass is 10.1. The minimum absolute atomic E-state index is 0.0256. The fraction of sp³-hybridized carbons (Fsp3) is 0.364. The summed E-state index contributed by atoms with van der Waals surface area (Å²) >= 11 is 3.23. The Morgan fingerprint density at radius 3 is 2.47 bits per heavy atom. The number of sulfone groups is 1. The summed E-state index contributed by atoms with van der Waals surface area (Å²) in [6, 6.07) is 2.89. The van der Waals surface area contributed by atoms with Crippen LogP contribution < -0.4 is 0 Å². The lowest BCUT2D eigenvalue weighted by molar-refractivity contribution is 0.0599. The molecule has 6 heteroatoms. The summed E-state index contributed by atoms with van der Waals surface area (Å²) in [5, 5.41) is 0. The molecule has 0 aliphatic heterocycles. The Bertz CT molecular complexity index is 549. The fourth-order valence-corrected chi connectivity index (χ4v) is 3.22. The van der Waals surface area contributed by atoms with Gasteiger partial charge in [-0.15, -0.1) is 0 Å². The van der Waals surface area contributed by atoms with Crippen molar-refractivity contribution in [3.8, 4) is 0 Å². The number of esters is 1. The molecule has 1 aromatic carbocycles. The predicted octanol–water partition coefficient (Wildman–Crippen LogP) is 2.34. The molecule has 0 saturated heterocycles. The molecule has 0 fully saturated rings. The summed E-state index contributed by atoms with van der Waals surface area (Å²) in [4.78, 5) is 11.7. The maximum absolute atomic E-state index is 11.8. The van der Waals surface area contributed by atoms with Gasteiger partial charge in [-0.1, -0.05) is 6.92 Å². The van der Waals surface area contributed by atoms with Crippen LogP contribution >= 0.6 is 15.9 Å². The van der Waals surface area contributed by atoms with Crippen LogP contribution in [0.25, 0.3) is 0 Å². The standard InChI is InChI=1S/C11H13BrO4S/c1-4-17(14,15)9-6-5-8(11(13)16-3)10(12)7(9)2/h5-6H,4H2,1-3H3. The third-order valence-corrected chi connectivity index (χ3v) is 5.35. The molecule has 94 valence electrons. The summed E-state index contributed by atoms with van der Waals surface area (Å²) in [5.74, 6) is -0.474. The minimum atomic E-state index is -3.28. The van der Waals surface area contributed by atoms with E-state index in [9.17, 15) is 13.2 Å². The van der Waals surface area contributed by atoms with Crippen molar-refractivity contribution in [3.63, 3.8) is 0 Å². The van der Waals surface area contributed by atoms with Gasteiger partial charge in [0, 0.05) is 4.47 Å². The Morgan fingerprint density at radius 1 is 1.41 bits per heavy atom. The van der Waals surface area contributed by atoms with E-state index in [0.29, 0.717) is 15.6 Å². The van der Waals surface area contributed by atoms with Crippen molar-refractivity contribution in [2.75, 3.05) is 12.9 Å². The van der Waals surface area contributed by atoms with Crippen molar-refractivity contribution < 1.29 is 17.9 Å². The van der Waals surface area contributed by atoms with E-state index in [-0.39, 0.29) is 10.6 Å². The fourth-order valence-electron chi connectivity index (χ4n) is 1.43. The van der Waals surface area contributed by atoms with Crippen LogP contribution in [0.1, 0.15) is 22.8 Å². The highest BCUT2D eigenvalue weighted by Crippen LogP contribution is 2.28. The van der Waals surface area contributed by atoms with E-state index < -0.39 is 15.8 Å². The van der Waals surface area contributed by atoms with Crippen LogP contribution in [0.5, 0.6) is 0 Å². The first kappa shape index (κ1) is 14.2. The highest BCUT2D eigenvalue weighted by atomic mass is 79.9. The number of carbonyl (C=O) groups is 1. The molecule has 0 aliphatic carbocycles. The van der Waals surface area contributed by atoms with Gasteiger partial charge >= 0.3 is 5.97 Å². The number of benzene rings is 1. The van der Waals surface area contributed by atoms with Crippen LogP contribution in [0.2, 0.25) is 0 Å². The molecule has 0 aromatic heterocycles. The monoisotopic (exact) mass is 320 g/mol. The van der Waals surface area contributed by atoms with Gasteiger partial charge in [-0.25, -0.2) is 13.2 Å². The topological polar surface area (TPSA) is 60.4 Å². The number of halogens is 1. The van der Waals surface area contributed by atoms with Crippen LogP contribution in [-0.4, -0.2) is 27.2 Å². The van der Waals surface area contributed by atoms with Gasteiger partial charge in [0.05, 0.1) is 23.3 Å². The zero-order valence-corrected chi connectivity index (χ0v) is 12.2. The molecule has 0 atom stereocenters. The molecule has 0 amide bonds. The summed E-state index contributed by atoms with van der Waals surface area (Å²) in [6.07, 6.45) is 0. The number of ether oxygens (including phenoxy) is 1. The van der Waals surface area contributed by atoms with Crippen LogP contribution in [0.15, 0.2) is 21.5 Å². The summed E-state index contributed by atoms with van der Waals surface area (Å²) in [6.45, 7) is 3.23. The molecule has 0 saturated carbocycles.